The molecule has 2 aromatic carbocycles. The summed E-state index contributed by atoms with van der Waals surface area (Å²) in [6.07, 6.45) is 2.09. The first-order valence-electron chi connectivity index (χ1n) is 10.3. The molecular weight excluding hydrogens is 383 g/mol. The van der Waals surface area contributed by atoms with Crippen LogP contribution in [0.5, 0.6) is 0 Å². The predicted molar refractivity (Wildman–Crippen MR) is 111 cm³/mol. The first-order chi connectivity index (χ1) is 14.6. The molecule has 1 aliphatic rings. The van der Waals surface area contributed by atoms with E-state index < -0.39 is 6.04 Å². The van der Waals surface area contributed by atoms with Gasteiger partial charge in [0.15, 0.2) is 0 Å². The number of aromatic nitrogens is 2. The van der Waals surface area contributed by atoms with Crippen LogP contribution in [0.3, 0.4) is 0 Å². The van der Waals surface area contributed by atoms with Crippen molar-refractivity contribution >= 4 is 5.91 Å². The molecule has 1 fully saturated rings. The van der Waals surface area contributed by atoms with E-state index in [1.54, 1.807) is 18.2 Å². The van der Waals surface area contributed by atoms with Gasteiger partial charge in [0.05, 0.1) is 0 Å². The smallest absolute Gasteiger partial charge is 0.247 e. The van der Waals surface area contributed by atoms with Gasteiger partial charge in [-0.2, -0.15) is 0 Å². The summed E-state index contributed by atoms with van der Waals surface area (Å²) >= 11 is 0. The van der Waals surface area contributed by atoms with Crippen LogP contribution in [-0.4, -0.2) is 40.1 Å². The maximum absolute atomic E-state index is 13.8. The van der Waals surface area contributed by atoms with Gasteiger partial charge in [-0.1, -0.05) is 36.4 Å². The Bertz CT molecular complexity index is 984. The van der Waals surface area contributed by atoms with Gasteiger partial charge >= 0.3 is 0 Å². The normalized spacial score (nSPS) is 15.9. The largest absolute Gasteiger partial charge is 0.420 e. The molecule has 1 saturated heterocycles. The van der Waals surface area contributed by atoms with Gasteiger partial charge in [-0.05, 0) is 43.0 Å². The summed E-state index contributed by atoms with van der Waals surface area (Å²) in [6.45, 7) is 1.25. The number of nitrogens with two attached hydrogens (primary N) is 1. The van der Waals surface area contributed by atoms with Crippen LogP contribution in [0.15, 0.2) is 59.0 Å². The SMILES string of the molecule is N[C@@H](CC(=O)N1CCC(c2nnc(-c3ccccc3)o2)CC1)Cc1ccccc1F. The molecule has 30 heavy (non-hydrogen) atoms. The average molecular weight is 408 g/mol. The molecule has 1 atom stereocenters. The minimum Gasteiger partial charge on any atom is -0.420 e. The number of hydrogen-bond donors (Lipinski definition) is 1. The fraction of sp³-hybridized carbons (Fsp3) is 0.348. The number of carbonyl (C=O) groups excluding carboxylic acids is 1. The van der Waals surface area contributed by atoms with Crippen LogP contribution in [0.4, 0.5) is 4.39 Å². The number of amides is 1. The molecule has 0 aliphatic carbocycles. The van der Waals surface area contributed by atoms with Crippen LogP contribution in [0, 0.1) is 5.82 Å². The number of hydrogen-bond acceptors (Lipinski definition) is 5. The zero-order valence-corrected chi connectivity index (χ0v) is 16.7. The minimum atomic E-state index is -0.406. The molecule has 0 radical (unpaired) electrons. The van der Waals surface area contributed by atoms with Crippen LogP contribution in [0.25, 0.3) is 11.5 Å². The van der Waals surface area contributed by atoms with Gasteiger partial charge in [0.1, 0.15) is 5.82 Å². The van der Waals surface area contributed by atoms with Crippen molar-refractivity contribution in [1.82, 2.24) is 15.1 Å². The summed E-state index contributed by atoms with van der Waals surface area (Å²) in [5, 5.41) is 8.37. The highest BCUT2D eigenvalue weighted by atomic mass is 19.1. The topological polar surface area (TPSA) is 85.3 Å². The van der Waals surface area contributed by atoms with Crippen LogP contribution in [0.2, 0.25) is 0 Å². The zero-order valence-electron chi connectivity index (χ0n) is 16.7. The Labute approximate surface area is 174 Å². The summed E-state index contributed by atoms with van der Waals surface area (Å²) in [4.78, 5) is 14.4. The van der Waals surface area contributed by atoms with E-state index in [4.69, 9.17) is 10.2 Å². The highest BCUT2D eigenvalue weighted by Gasteiger charge is 2.28. The van der Waals surface area contributed by atoms with Crippen molar-refractivity contribution in [2.75, 3.05) is 13.1 Å². The molecule has 2 N–H and O–H groups in total. The van der Waals surface area contributed by atoms with Crippen molar-refractivity contribution < 1.29 is 13.6 Å². The Morgan fingerprint density at radius 2 is 1.80 bits per heavy atom. The molecule has 7 heteroatoms. The molecule has 0 unspecified atom stereocenters. The van der Waals surface area contributed by atoms with Gasteiger partial charge in [0.2, 0.25) is 17.7 Å². The van der Waals surface area contributed by atoms with Crippen LogP contribution in [0.1, 0.15) is 36.6 Å². The Kier molecular flexibility index (Phi) is 6.18. The Balaban J connectivity index is 1.28. The third-order valence-electron chi connectivity index (χ3n) is 5.54. The van der Waals surface area contributed by atoms with Crippen molar-refractivity contribution in [3.63, 3.8) is 0 Å². The summed E-state index contributed by atoms with van der Waals surface area (Å²) in [5.41, 5.74) is 7.55. The zero-order chi connectivity index (χ0) is 20.9. The second-order valence-electron chi connectivity index (χ2n) is 7.73. The number of benzene rings is 2. The molecule has 4 rings (SSSR count). The Morgan fingerprint density at radius 1 is 1.10 bits per heavy atom. The highest BCUT2D eigenvalue weighted by molar-refractivity contribution is 5.77. The molecule has 156 valence electrons. The van der Waals surface area contributed by atoms with Crippen molar-refractivity contribution in [2.45, 2.75) is 37.6 Å². The summed E-state index contributed by atoms with van der Waals surface area (Å²) in [7, 11) is 0. The van der Waals surface area contributed by atoms with E-state index in [-0.39, 0.29) is 24.1 Å². The molecular formula is C23H25FN4O2. The van der Waals surface area contributed by atoms with Crippen molar-refractivity contribution in [3.8, 4) is 11.5 Å². The van der Waals surface area contributed by atoms with Gasteiger partial charge in [0.25, 0.3) is 0 Å². The van der Waals surface area contributed by atoms with E-state index in [0.717, 1.165) is 18.4 Å². The molecule has 1 aromatic heterocycles. The first kappa shape index (κ1) is 20.2. The van der Waals surface area contributed by atoms with Gasteiger partial charge in [-0.3, -0.25) is 4.79 Å². The van der Waals surface area contributed by atoms with E-state index in [1.807, 2.05) is 35.2 Å². The lowest BCUT2D eigenvalue weighted by Crippen LogP contribution is -2.41. The van der Waals surface area contributed by atoms with Crippen LogP contribution < -0.4 is 5.73 Å². The number of halogens is 1. The standard InChI is InChI=1S/C23H25FN4O2/c24-20-9-5-4-8-18(20)14-19(25)15-21(29)28-12-10-17(11-13-28)23-27-26-22(30-23)16-6-2-1-3-7-16/h1-9,17,19H,10-15,25H2/t19-/m1/s1. The molecule has 1 amide bonds. The van der Waals surface area contributed by atoms with Crippen molar-refractivity contribution in [3.05, 3.63) is 71.9 Å². The minimum absolute atomic E-state index is 0.00722. The summed E-state index contributed by atoms with van der Waals surface area (Å²) in [6, 6.07) is 15.8. The number of carbonyl (C=O) groups is 1. The summed E-state index contributed by atoms with van der Waals surface area (Å²) in [5.74, 6) is 1.01. The monoisotopic (exact) mass is 408 g/mol. The second kappa shape index (κ2) is 9.17. The van der Waals surface area contributed by atoms with Crippen LogP contribution >= 0.6 is 0 Å². The molecule has 2 heterocycles. The molecule has 3 aromatic rings. The molecule has 0 bridgehead atoms. The third kappa shape index (κ3) is 4.74. The Morgan fingerprint density at radius 3 is 2.53 bits per heavy atom. The van der Waals surface area contributed by atoms with Gasteiger partial charge in [-0.15, -0.1) is 10.2 Å². The van der Waals surface area contributed by atoms with Crippen molar-refractivity contribution in [1.29, 1.82) is 0 Å². The molecule has 0 spiro atoms. The lowest BCUT2D eigenvalue weighted by Gasteiger charge is -2.31. The van der Waals surface area contributed by atoms with E-state index in [2.05, 4.69) is 10.2 Å². The van der Waals surface area contributed by atoms with E-state index in [0.29, 0.717) is 36.9 Å². The van der Waals surface area contributed by atoms with Gasteiger partial charge in [-0.25, -0.2) is 4.39 Å². The molecule has 6 nitrogen and oxygen atoms in total. The number of piperidine rings is 1. The van der Waals surface area contributed by atoms with Crippen molar-refractivity contribution in [2.24, 2.45) is 5.73 Å². The lowest BCUT2D eigenvalue weighted by atomic mass is 9.96. The molecule has 0 saturated carbocycles. The third-order valence-corrected chi connectivity index (χ3v) is 5.54. The maximum atomic E-state index is 13.8. The average Bonchev–Trinajstić information content (AvgIpc) is 3.26. The number of nitrogens with zero attached hydrogens (tertiary/aromatic N) is 3. The van der Waals surface area contributed by atoms with E-state index in [1.165, 1.54) is 6.07 Å². The number of rotatable bonds is 6. The van der Waals surface area contributed by atoms with Crippen LogP contribution in [-0.2, 0) is 11.2 Å². The molecule has 1 aliphatic heterocycles. The fourth-order valence-electron chi connectivity index (χ4n) is 3.84. The van der Waals surface area contributed by atoms with Gasteiger partial charge in [0, 0.05) is 37.0 Å². The fourth-order valence-corrected chi connectivity index (χ4v) is 3.84. The second-order valence-corrected chi connectivity index (χ2v) is 7.73. The highest BCUT2D eigenvalue weighted by Crippen LogP contribution is 2.29. The van der Waals surface area contributed by atoms with E-state index in [9.17, 15) is 9.18 Å². The predicted octanol–water partition coefficient (Wildman–Crippen LogP) is 3.54. The van der Waals surface area contributed by atoms with Gasteiger partial charge < -0.3 is 15.1 Å². The lowest BCUT2D eigenvalue weighted by molar-refractivity contribution is -0.132. The summed E-state index contributed by atoms with van der Waals surface area (Å²) < 4.78 is 19.7. The van der Waals surface area contributed by atoms with E-state index >= 15 is 0 Å². The first-order valence-corrected chi connectivity index (χ1v) is 10.3. The quantitative estimate of drug-likeness (QED) is 0.674. The maximum Gasteiger partial charge on any atom is 0.247 e. The Hall–Kier alpha value is -3.06. The number of likely N-dealkylation sites (tertiary alicyclic amines) is 1.